The van der Waals surface area contributed by atoms with Gasteiger partial charge >= 0.3 is 0 Å². The van der Waals surface area contributed by atoms with E-state index in [1.165, 1.54) is 78.0 Å². The molecule has 3 aromatic carbocycles. The van der Waals surface area contributed by atoms with Gasteiger partial charge in [0.15, 0.2) is 0 Å². The van der Waals surface area contributed by atoms with Crippen molar-refractivity contribution in [1.82, 2.24) is 0 Å². The molecular formula is C25H30. The maximum absolute atomic E-state index is 2.31. The van der Waals surface area contributed by atoms with E-state index in [4.69, 9.17) is 0 Å². The summed E-state index contributed by atoms with van der Waals surface area (Å²) in [5, 5.41) is 2.64. The van der Waals surface area contributed by atoms with E-state index in [2.05, 4.69) is 74.5 Å². The number of aryl methyl sites for hydroxylation is 2. The molecule has 0 nitrogen and oxygen atoms in total. The Morgan fingerprint density at radius 3 is 2.04 bits per heavy atom. The number of hydrogen-bond acceptors (Lipinski definition) is 0. The lowest BCUT2D eigenvalue weighted by Crippen LogP contribution is -1.87. The fourth-order valence-corrected chi connectivity index (χ4v) is 3.52. The lowest BCUT2D eigenvalue weighted by atomic mass is 9.98. The zero-order valence-electron chi connectivity index (χ0n) is 15.7. The van der Waals surface area contributed by atoms with Gasteiger partial charge in [0.1, 0.15) is 0 Å². The molecule has 0 saturated heterocycles. The minimum Gasteiger partial charge on any atom is -0.0654 e. The Balaban J connectivity index is 1.61. The number of fused-ring (bicyclic) bond motifs is 1. The first kappa shape index (κ1) is 17.7. The van der Waals surface area contributed by atoms with Crippen LogP contribution in [-0.4, -0.2) is 0 Å². The van der Waals surface area contributed by atoms with Gasteiger partial charge in [-0.3, -0.25) is 0 Å². The lowest BCUT2D eigenvalue weighted by Gasteiger charge is -2.07. The minimum absolute atomic E-state index is 1.21. The molecule has 0 amide bonds. The average molecular weight is 331 g/mol. The molecule has 3 rings (SSSR count). The van der Waals surface area contributed by atoms with Crippen molar-refractivity contribution >= 4 is 10.8 Å². The van der Waals surface area contributed by atoms with Crippen molar-refractivity contribution in [2.75, 3.05) is 0 Å². The molecule has 0 fully saturated rings. The van der Waals surface area contributed by atoms with Crippen molar-refractivity contribution in [2.24, 2.45) is 0 Å². The molecule has 0 radical (unpaired) electrons. The highest BCUT2D eigenvalue weighted by atomic mass is 14.1. The summed E-state index contributed by atoms with van der Waals surface area (Å²) in [7, 11) is 0. The molecule has 0 aromatic heterocycles. The van der Waals surface area contributed by atoms with Gasteiger partial charge in [-0.1, -0.05) is 99.2 Å². The maximum Gasteiger partial charge on any atom is -0.0178 e. The molecule has 0 aliphatic carbocycles. The highest BCUT2D eigenvalue weighted by Crippen LogP contribution is 2.25. The van der Waals surface area contributed by atoms with Crippen LogP contribution < -0.4 is 0 Å². The summed E-state index contributed by atoms with van der Waals surface area (Å²) in [5.74, 6) is 0. The Morgan fingerprint density at radius 1 is 0.600 bits per heavy atom. The zero-order valence-corrected chi connectivity index (χ0v) is 15.7. The van der Waals surface area contributed by atoms with Gasteiger partial charge in [0.25, 0.3) is 0 Å². The summed E-state index contributed by atoms with van der Waals surface area (Å²) in [6.07, 6.45) is 9.41. The third kappa shape index (κ3) is 4.95. The summed E-state index contributed by atoms with van der Waals surface area (Å²) in [4.78, 5) is 0. The van der Waals surface area contributed by atoms with Crippen LogP contribution in [0.4, 0.5) is 0 Å². The number of unbranched alkanes of at least 4 members (excludes halogenated alkanes) is 5. The van der Waals surface area contributed by atoms with E-state index in [0.29, 0.717) is 0 Å². The van der Waals surface area contributed by atoms with Crippen molar-refractivity contribution in [2.45, 2.75) is 58.8 Å². The number of benzene rings is 3. The number of hydrogen-bond donors (Lipinski definition) is 0. The fraction of sp³-hybridized carbons (Fsp3) is 0.360. The van der Waals surface area contributed by atoms with Crippen LogP contribution in [0.2, 0.25) is 0 Å². The summed E-state index contributed by atoms with van der Waals surface area (Å²) < 4.78 is 0. The zero-order chi connectivity index (χ0) is 17.5. The second-order valence-electron chi connectivity index (χ2n) is 7.28. The molecule has 0 bridgehead atoms. The first-order chi connectivity index (χ1) is 12.3. The van der Waals surface area contributed by atoms with Gasteiger partial charge in [-0.25, -0.2) is 0 Å². The summed E-state index contributed by atoms with van der Waals surface area (Å²) in [6.45, 7) is 4.42. The van der Waals surface area contributed by atoms with E-state index in [1.54, 1.807) is 0 Å². The van der Waals surface area contributed by atoms with E-state index >= 15 is 0 Å². The van der Waals surface area contributed by atoms with E-state index in [1.807, 2.05) is 0 Å². The first-order valence-electron chi connectivity index (χ1n) is 9.86. The Morgan fingerprint density at radius 2 is 1.24 bits per heavy atom. The summed E-state index contributed by atoms with van der Waals surface area (Å²) >= 11 is 0. The van der Waals surface area contributed by atoms with Crippen LogP contribution in [0, 0.1) is 6.92 Å². The van der Waals surface area contributed by atoms with E-state index in [0.717, 1.165) is 0 Å². The SMILES string of the molecule is CCCCCCCCc1ccc(-c2ccc3cc(C)ccc3c2)cc1. The highest BCUT2D eigenvalue weighted by molar-refractivity contribution is 5.87. The molecule has 0 atom stereocenters. The van der Waals surface area contributed by atoms with Crippen molar-refractivity contribution in [3.63, 3.8) is 0 Å². The van der Waals surface area contributed by atoms with Crippen molar-refractivity contribution in [1.29, 1.82) is 0 Å². The van der Waals surface area contributed by atoms with Gasteiger partial charge in [0.05, 0.1) is 0 Å². The molecule has 0 aliphatic rings. The van der Waals surface area contributed by atoms with Crippen LogP contribution in [0.25, 0.3) is 21.9 Å². The molecule has 3 aromatic rings. The smallest absolute Gasteiger partial charge is 0.0178 e. The number of rotatable bonds is 8. The van der Waals surface area contributed by atoms with Gasteiger partial charge in [-0.05, 0) is 53.3 Å². The van der Waals surface area contributed by atoms with E-state index < -0.39 is 0 Å². The highest BCUT2D eigenvalue weighted by Gasteiger charge is 2.01. The van der Waals surface area contributed by atoms with Crippen LogP contribution in [0.3, 0.4) is 0 Å². The normalized spacial score (nSPS) is 11.1. The molecule has 0 unspecified atom stereocenters. The fourth-order valence-electron chi connectivity index (χ4n) is 3.52. The summed E-state index contributed by atoms with van der Waals surface area (Å²) in [6, 6.07) is 22.6. The van der Waals surface area contributed by atoms with Gasteiger partial charge in [-0.15, -0.1) is 0 Å². The van der Waals surface area contributed by atoms with Gasteiger partial charge < -0.3 is 0 Å². The largest absolute Gasteiger partial charge is 0.0654 e. The maximum atomic E-state index is 2.31. The lowest BCUT2D eigenvalue weighted by molar-refractivity contribution is 0.607. The second-order valence-corrected chi connectivity index (χ2v) is 7.28. The molecule has 0 heterocycles. The predicted octanol–water partition coefficient (Wildman–Crippen LogP) is 7.72. The predicted molar refractivity (Wildman–Crippen MR) is 111 cm³/mol. The van der Waals surface area contributed by atoms with Crippen molar-refractivity contribution in [3.05, 3.63) is 71.8 Å². The van der Waals surface area contributed by atoms with Crippen LogP contribution in [0.1, 0.15) is 56.6 Å². The van der Waals surface area contributed by atoms with Crippen LogP contribution in [0.5, 0.6) is 0 Å². The molecule has 0 aliphatic heterocycles. The Bertz CT molecular complexity index is 796. The Kier molecular flexibility index (Phi) is 6.28. The van der Waals surface area contributed by atoms with Crippen LogP contribution in [-0.2, 0) is 6.42 Å². The third-order valence-corrected chi connectivity index (χ3v) is 5.10. The summed E-state index contributed by atoms with van der Waals surface area (Å²) in [5.41, 5.74) is 5.41. The molecule has 25 heavy (non-hydrogen) atoms. The standard InChI is InChI=1S/C25H30/c1-3-4-5-6-7-8-9-21-11-14-22(15-12-21)24-17-16-23-18-20(2)10-13-25(23)19-24/h10-19H,3-9H2,1-2H3. The third-order valence-electron chi connectivity index (χ3n) is 5.10. The molecule has 0 heteroatoms. The van der Waals surface area contributed by atoms with Crippen LogP contribution >= 0.6 is 0 Å². The quantitative estimate of drug-likeness (QED) is 0.371. The van der Waals surface area contributed by atoms with Crippen LogP contribution in [0.15, 0.2) is 60.7 Å². The van der Waals surface area contributed by atoms with Crippen molar-refractivity contribution in [3.8, 4) is 11.1 Å². The van der Waals surface area contributed by atoms with Gasteiger partial charge in [0.2, 0.25) is 0 Å². The molecular weight excluding hydrogens is 300 g/mol. The van der Waals surface area contributed by atoms with Crippen molar-refractivity contribution < 1.29 is 0 Å². The molecule has 130 valence electrons. The van der Waals surface area contributed by atoms with E-state index in [9.17, 15) is 0 Å². The second kappa shape index (κ2) is 8.85. The van der Waals surface area contributed by atoms with Gasteiger partial charge in [-0.2, -0.15) is 0 Å². The molecule has 0 N–H and O–H groups in total. The Labute approximate surface area is 152 Å². The monoisotopic (exact) mass is 330 g/mol. The molecule has 0 saturated carbocycles. The Hall–Kier alpha value is -2.08. The molecule has 0 spiro atoms. The van der Waals surface area contributed by atoms with E-state index in [-0.39, 0.29) is 0 Å². The van der Waals surface area contributed by atoms with Gasteiger partial charge in [0, 0.05) is 0 Å². The topological polar surface area (TPSA) is 0 Å². The first-order valence-corrected chi connectivity index (χ1v) is 9.86. The minimum atomic E-state index is 1.21. The average Bonchev–Trinajstić information content (AvgIpc) is 2.64.